The van der Waals surface area contributed by atoms with Gasteiger partial charge in [0.25, 0.3) is 0 Å². The van der Waals surface area contributed by atoms with Crippen LogP contribution in [0.5, 0.6) is 0 Å². The summed E-state index contributed by atoms with van der Waals surface area (Å²) >= 11 is 0. The smallest absolute Gasteiger partial charge is 0.303 e. The van der Waals surface area contributed by atoms with Crippen molar-refractivity contribution in [3.63, 3.8) is 0 Å². The molecule has 128 valence electrons. The van der Waals surface area contributed by atoms with Gasteiger partial charge in [-0.25, -0.2) is 0 Å². The highest BCUT2D eigenvalue weighted by molar-refractivity contribution is 5.67. The van der Waals surface area contributed by atoms with Crippen LogP contribution < -0.4 is 4.90 Å². The Morgan fingerprint density at radius 3 is 2.50 bits per heavy atom. The number of carbonyl (C=O) groups is 1. The fraction of sp³-hybridized carbons (Fsp3) is 0.600. The lowest BCUT2D eigenvalue weighted by atomic mass is 9.65. The molecule has 0 radical (unpaired) electrons. The Morgan fingerprint density at radius 1 is 1.25 bits per heavy atom. The van der Waals surface area contributed by atoms with Crippen molar-refractivity contribution in [1.82, 2.24) is 0 Å². The summed E-state index contributed by atoms with van der Waals surface area (Å²) in [5.74, 6) is -0.278. The highest BCUT2D eigenvalue weighted by atomic mass is 16.4. The number of piperidine rings is 1. The predicted octanol–water partition coefficient (Wildman–Crippen LogP) is 4.12. The van der Waals surface area contributed by atoms with Gasteiger partial charge in [-0.05, 0) is 80.5 Å². The average Bonchev–Trinajstić information content (AvgIpc) is 2.57. The van der Waals surface area contributed by atoms with Gasteiger partial charge in [-0.15, -0.1) is 0 Å². The summed E-state index contributed by atoms with van der Waals surface area (Å²) < 4.78 is 0. The minimum atomic E-state index is -0.654. The molecule has 1 aliphatic heterocycles. The first-order chi connectivity index (χ1) is 11.5. The van der Waals surface area contributed by atoms with Crippen molar-refractivity contribution in [2.45, 2.75) is 51.9 Å². The molecule has 0 aromatic heterocycles. The second kappa shape index (κ2) is 6.84. The largest absolute Gasteiger partial charge is 0.481 e. The molecule has 4 heteroatoms. The molecule has 0 bridgehead atoms. The molecule has 1 heterocycles. The zero-order chi connectivity index (χ0) is 17.2. The van der Waals surface area contributed by atoms with Crippen molar-refractivity contribution in [3.8, 4) is 6.07 Å². The van der Waals surface area contributed by atoms with Crippen LogP contribution in [0.4, 0.5) is 5.69 Å². The van der Waals surface area contributed by atoms with E-state index in [1.807, 2.05) is 19.1 Å². The van der Waals surface area contributed by atoms with Crippen LogP contribution in [-0.2, 0) is 4.79 Å². The molecule has 2 fully saturated rings. The van der Waals surface area contributed by atoms with E-state index in [-0.39, 0.29) is 0 Å². The molecule has 1 N–H and O–H groups in total. The van der Waals surface area contributed by atoms with Crippen LogP contribution in [0.3, 0.4) is 0 Å². The van der Waals surface area contributed by atoms with Gasteiger partial charge < -0.3 is 10.0 Å². The number of rotatable bonds is 3. The molecular weight excluding hydrogens is 300 g/mol. The standard InChI is InChI=1S/C20H26N2O2/c1-15-10-17(14-21)12-18(11-15)22-8-6-20(7-9-22)4-2-16(3-5-20)13-19(23)24/h10-12,16H,2-9,13H2,1H3,(H,23,24). The van der Waals surface area contributed by atoms with Gasteiger partial charge in [0.2, 0.25) is 0 Å². The maximum atomic E-state index is 10.9. The summed E-state index contributed by atoms with van der Waals surface area (Å²) in [5.41, 5.74) is 3.46. The average molecular weight is 326 g/mol. The first-order valence-electron chi connectivity index (χ1n) is 8.98. The van der Waals surface area contributed by atoms with Crippen LogP contribution in [0.25, 0.3) is 0 Å². The maximum Gasteiger partial charge on any atom is 0.303 e. The number of nitrogens with zero attached hydrogens (tertiary/aromatic N) is 2. The van der Waals surface area contributed by atoms with Crippen LogP contribution in [0, 0.1) is 29.6 Å². The highest BCUT2D eigenvalue weighted by Crippen LogP contribution is 2.47. The van der Waals surface area contributed by atoms with Gasteiger partial charge >= 0.3 is 5.97 Å². The molecule has 1 saturated heterocycles. The van der Waals surface area contributed by atoms with Crippen molar-refractivity contribution in [2.75, 3.05) is 18.0 Å². The predicted molar refractivity (Wildman–Crippen MR) is 94.0 cm³/mol. The molecule has 3 rings (SSSR count). The lowest BCUT2D eigenvalue weighted by Gasteiger charge is -2.46. The van der Waals surface area contributed by atoms with E-state index in [4.69, 9.17) is 10.4 Å². The maximum absolute atomic E-state index is 10.9. The molecule has 1 saturated carbocycles. The summed E-state index contributed by atoms with van der Waals surface area (Å²) in [4.78, 5) is 13.3. The van der Waals surface area contributed by atoms with Crippen LogP contribution >= 0.6 is 0 Å². The highest BCUT2D eigenvalue weighted by Gasteiger charge is 2.38. The van der Waals surface area contributed by atoms with Gasteiger partial charge in [0, 0.05) is 25.2 Å². The number of carboxylic acids is 1. The summed E-state index contributed by atoms with van der Waals surface area (Å²) in [6.07, 6.45) is 7.18. The summed E-state index contributed by atoms with van der Waals surface area (Å²) in [5, 5.41) is 18.1. The van der Waals surface area contributed by atoms with Gasteiger partial charge in [-0.1, -0.05) is 0 Å². The third-order valence-electron chi connectivity index (χ3n) is 6.01. The Hall–Kier alpha value is -2.02. The second-order valence-corrected chi connectivity index (χ2v) is 7.70. The number of carboxylic acid groups (broad SMARTS) is 1. The van der Waals surface area contributed by atoms with Crippen molar-refractivity contribution < 1.29 is 9.90 Å². The number of hydrogen-bond donors (Lipinski definition) is 1. The quantitative estimate of drug-likeness (QED) is 0.907. The summed E-state index contributed by atoms with van der Waals surface area (Å²) in [6, 6.07) is 8.34. The first kappa shape index (κ1) is 16.8. The van der Waals surface area contributed by atoms with Gasteiger partial charge in [0.15, 0.2) is 0 Å². The molecule has 2 aliphatic rings. The zero-order valence-electron chi connectivity index (χ0n) is 14.4. The van der Waals surface area contributed by atoms with Crippen molar-refractivity contribution in [1.29, 1.82) is 5.26 Å². The second-order valence-electron chi connectivity index (χ2n) is 7.70. The minimum absolute atomic E-state index is 0.336. The topological polar surface area (TPSA) is 64.3 Å². The molecule has 0 amide bonds. The Labute approximate surface area is 144 Å². The summed E-state index contributed by atoms with van der Waals surface area (Å²) in [6.45, 7) is 4.12. The van der Waals surface area contributed by atoms with E-state index in [0.29, 0.717) is 17.8 Å². The van der Waals surface area contributed by atoms with E-state index >= 15 is 0 Å². The monoisotopic (exact) mass is 326 g/mol. The number of nitriles is 1. The molecule has 1 aliphatic carbocycles. The van der Waals surface area contributed by atoms with Crippen LogP contribution in [0.2, 0.25) is 0 Å². The third-order valence-corrected chi connectivity index (χ3v) is 6.01. The number of anilines is 1. The number of aryl methyl sites for hydroxylation is 1. The Kier molecular flexibility index (Phi) is 4.80. The molecule has 1 aromatic carbocycles. The number of benzene rings is 1. The molecular formula is C20H26N2O2. The van der Waals surface area contributed by atoms with Gasteiger partial charge in [0.1, 0.15) is 0 Å². The van der Waals surface area contributed by atoms with Crippen molar-refractivity contribution in [2.24, 2.45) is 11.3 Å². The first-order valence-corrected chi connectivity index (χ1v) is 8.98. The fourth-order valence-electron chi connectivity index (χ4n) is 4.49. The molecule has 1 aromatic rings. The fourth-order valence-corrected chi connectivity index (χ4v) is 4.49. The number of aliphatic carboxylic acids is 1. The zero-order valence-corrected chi connectivity index (χ0v) is 14.4. The number of hydrogen-bond acceptors (Lipinski definition) is 3. The van der Waals surface area contributed by atoms with E-state index < -0.39 is 5.97 Å². The van der Waals surface area contributed by atoms with Crippen LogP contribution in [-0.4, -0.2) is 24.2 Å². The normalized spacial score (nSPS) is 20.8. The molecule has 4 nitrogen and oxygen atoms in total. The van der Waals surface area contributed by atoms with Crippen molar-refractivity contribution >= 4 is 11.7 Å². The minimum Gasteiger partial charge on any atom is -0.481 e. The molecule has 0 atom stereocenters. The Bertz CT molecular complexity index is 644. The molecule has 1 spiro atoms. The third kappa shape index (κ3) is 3.72. The van der Waals surface area contributed by atoms with E-state index in [2.05, 4.69) is 17.0 Å². The van der Waals surface area contributed by atoms with Gasteiger partial charge in [-0.3, -0.25) is 4.79 Å². The molecule has 24 heavy (non-hydrogen) atoms. The Balaban J connectivity index is 1.60. The van der Waals surface area contributed by atoms with E-state index in [9.17, 15) is 4.79 Å². The summed E-state index contributed by atoms with van der Waals surface area (Å²) in [7, 11) is 0. The van der Waals surface area contributed by atoms with Crippen LogP contribution in [0.1, 0.15) is 56.1 Å². The SMILES string of the molecule is Cc1cc(C#N)cc(N2CCC3(CCC(CC(=O)O)CC3)CC2)c1. The van der Waals surface area contributed by atoms with Gasteiger partial charge in [-0.2, -0.15) is 5.26 Å². The van der Waals surface area contributed by atoms with E-state index in [1.54, 1.807) is 0 Å². The van der Waals surface area contributed by atoms with Crippen molar-refractivity contribution in [3.05, 3.63) is 29.3 Å². The van der Waals surface area contributed by atoms with E-state index in [1.165, 1.54) is 31.4 Å². The molecule has 0 unspecified atom stereocenters. The lowest BCUT2D eigenvalue weighted by molar-refractivity contribution is -0.138. The Morgan fingerprint density at radius 2 is 1.92 bits per heavy atom. The van der Waals surface area contributed by atoms with Crippen LogP contribution in [0.15, 0.2) is 18.2 Å². The van der Waals surface area contributed by atoms with E-state index in [0.717, 1.165) is 37.1 Å². The lowest BCUT2D eigenvalue weighted by Crippen LogP contribution is -2.42. The van der Waals surface area contributed by atoms with Gasteiger partial charge in [0.05, 0.1) is 11.6 Å².